The Kier molecular flexibility index (Phi) is 5.40. The van der Waals surface area contributed by atoms with E-state index in [1.54, 1.807) is 17.5 Å². The number of carbonyl (C=O) groups is 1. The van der Waals surface area contributed by atoms with Crippen LogP contribution in [0.2, 0.25) is 0 Å². The third-order valence-corrected chi connectivity index (χ3v) is 7.66. The first-order chi connectivity index (χ1) is 15.1. The van der Waals surface area contributed by atoms with Gasteiger partial charge in [0.05, 0.1) is 16.9 Å². The van der Waals surface area contributed by atoms with Crippen molar-refractivity contribution in [2.75, 3.05) is 29.0 Å². The van der Waals surface area contributed by atoms with Gasteiger partial charge >= 0.3 is 0 Å². The van der Waals surface area contributed by atoms with E-state index in [0.29, 0.717) is 22.4 Å². The summed E-state index contributed by atoms with van der Waals surface area (Å²) in [6.45, 7) is 2.12. The van der Waals surface area contributed by atoms with Gasteiger partial charge in [-0.05, 0) is 83.3 Å². The third-order valence-electron chi connectivity index (χ3n) is 6.98. The highest BCUT2D eigenvalue weighted by Gasteiger charge is 2.37. The standard InChI is InChI=1S/C25H28N4OS/c26-21-5-3-18(20-7-14-31-17-20)15-22(21)28-24(30)19-4-6-23(27-16-19)29-12-10-25(11-13-29)8-1-2-9-25/h3-7,14-17H,1-2,8-13,26H2,(H,28,30). The smallest absolute Gasteiger partial charge is 0.257 e. The Bertz CT molecular complexity index is 1050. The van der Waals surface area contributed by atoms with Crippen molar-refractivity contribution in [1.82, 2.24) is 4.98 Å². The highest BCUT2D eigenvalue weighted by molar-refractivity contribution is 7.08. The molecule has 1 saturated heterocycles. The molecule has 1 aliphatic carbocycles. The van der Waals surface area contributed by atoms with E-state index in [4.69, 9.17) is 5.73 Å². The lowest BCUT2D eigenvalue weighted by Crippen LogP contribution is -2.39. The van der Waals surface area contributed by atoms with Crippen molar-refractivity contribution in [2.45, 2.75) is 38.5 Å². The molecule has 1 aromatic carbocycles. The molecule has 0 bridgehead atoms. The second-order valence-electron chi connectivity index (χ2n) is 8.87. The van der Waals surface area contributed by atoms with Crippen LogP contribution < -0.4 is 16.0 Å². The maximum absolute atomic E-state index is 12.8. The van der Waals surface area contributed by atoms with Gasteiger partial charge in [0.2, 0.25) is 0 Å². The van der Waals surface area contributed by atoms with Crippen molar-refractivity contribution in [3.05, 3.63) is 58.9 Å². The number of rotatable bonds is 4. The van der Waals surface area contributed by atoms with Gasteiger partial charge in [0, 0.05) is 19.3 Å². The summed E-state index contributed by atoms with van der Waals surface area (Å²) in [5.41, 5.74) is 10.6. The zero-order chi connectivity index (χ0) is 21.3. The molecule has 2 aromatic heterocycles. The molecule has 1 amide bonds. The summed E-state index contributed by atoms with van der Waals surface area (Å²) in [6.07, 6.45) is 9.76. The quantitative estimate of drug-likeness (QED) is 0.511. The second kappa shape index (κ2) is 8.35. The van der Waals surface area contributed by atoms with Crippen LogP contribution in [0.15, 0.2) is 53.4 Å². The summed E-state index contributed by atoms with van der Waals surface area (Å²) < 4.78 is 0. The van der Waals surface area contributed by atoms with Crippen molar-refractivity contribution in [1.29, 1.82) is 0 Å². The highest BCUT2D eigenvalue weighted by atomic mass is 32.1. The number of anilines is 3. The third kappa shape index (κ3) is 4.17. The van der Waals surface area contributed by atoms with Crippen LogP contribution in [-0.4, -0.2) is 24.0 Å². The van der Waals surface area contributed by atoms with Crippen molar-refractivity contribution >= 4 is 34.4 Å². The molecule has 0 radical (unpaired) electrons. The lowest BCUT2D eigenvalue weighted by molar-refractivity contribution is 0.102. The molecule has 1 spiro atoms. The van der Waals surface area contributed by atoms with E-state index in [2.05, 4.69) is 26.6 Å². The fourth-order valence-corrected chi connectivity index (χ4v) is 5.67. The van der Waals surface area contributed by atoms with E-state index in [1.165, 1.54) is 38.5 Å². The van der Waals surface area contributed by atoms with Gasteiger partial charge in [-0.3, -0.25) is 4.79 Å². The Labute approximate surface area is 187 Å². The van der Waals surface area contributed by atoms with E-state index in [-0.39, 0.29) is 5.91 Å². The van der Waals surface area contributed by atoms with Gasteiger partial charge in [-0.25, -0.2) is 4.98 Å². The maximum Gasteiger partial charge on any atom is 0.257 e. The highest BCUT2D eigenvalue weighted by Crippen LogP contribution is 2.46. The number of amides is 1. The molecule has 3 heterocycles. The molecule has 0 atom stereocenters. The van der Waals surface area contributed by atoms with E-state index >= 15 is 0 Å². The molecule has 5 nitrogen and oxygen atoms in total. The minimum absolute atomic E-state index is 0.197. The molecular weight excluding hydrogens is 404 g/mol. The molecular formula is C25H28N4OS. The van der Waals surface area contributed by atoms with Crippen LogP contribution in [-0.2, 0) is 0 Å². The van der Waals surface area contributed by atoms with Crippen LogP contribution in [0.25, 0.3) is 11.1 Å². The largest absolute Gasteiger partial charge is 0.397 e. The van der Waals surface area contributed by atoms with Gasteiger partial charge in [-0.2, -0.15) is 11.3 Å². The molecule has 31 heavy (non-hydrogen) atoms. The predicted molar refractivity (Wildman–Crippen MR) is 129 cm³/mol. The molecule has 5 rings (SSSR count). The topological polar surface area (TPSA) is 71.2 Å². The molecule has 3 N–H and O–H groups in total. The average molecular weight is 433 g/mol. The number of hydrogen-bond donors (Lipinski definition) is 2. The van der Waals surface area contributed by atoms with Crippen LogP contribution in [0.1, 0.15) is 48.9 Å². The predicted octanol–water partition coefficient (Wildman–Crippen LogP) is 5.81. The van der Waals surface area contributed by atoms with Gasteiger partial charge < -0.3 is 16.0 Å². The summed E-state index contributed by atoms with van der Waals surface area (Å²) in [5.74, 6) is 0.764. The Balaban J connectivity index is 1.25. The lowest BCUT2D eigenvalue weighted by Gasteiger charge is -2.40. The number of thiophene rings is 1. The zero-order valence-corrected chi connectivity index (χ0v) is 18.5. The van der Waals surface area contributed by atoms with Gasteiger partial charge in [0.15, 0.2) is 0 Å². The Morgan fingerprint density at radius 1 is 1.03 bits per heavy atom. The van der Waals surface area contributed by atoms with Gasteiger partial charge in [0.25, 0.3) is 5.91 Å². The summed E-state index contributed by atoms with van der Waals surface area (Å²) in [4.78, 5) is 19.8. The van der Waals surface area contributed by atoms with Crippen molar-refractivity contribution in [2.24, 2.45) is 5.41 Å². The van der Waals surface area contributed by atoms with Crippen molar-refractivity contribution in [3.8, 4) is 11.1 Å². The Hall–Kier alpha value is -2.86. The van der Waals surface area contributed by atoms with E-state index in [1.807, 2.05) is 35.7 Å². The van der Waals surface area contributed by atoms with Crippen LogP contribution in [0.3, 0.4) is 0 Å². The number of aromatic nitrogens is 1. The molecule has 2 fully saturated rings. The number of piperidine rings is 1. The molecule has 6 heteroatoms. The lowest BCUT2D eigenvalue weighted by atomic mass is 9.77. The normalized spacial score (nSPS) is 17.7. The molecule has 1 aliphatic heterocycles. The fraction of sp³-hybridized carbons (Fsp3) is 0.360. The summed E-state index contributed by atoms with van der Waals surface area (Å²) in [5, 5.41) is 7.06. The summed E-state index contributed by atoms with van der Waals surface area (Å²) in [7, 11) is 0. The van der Waals surface area contributed by atoms with Crippen LogP contribution in [0, 0.1) is 5.41 Å². The molecule has 1 saturated carbocycles. The summed E-state index contributed by atoms with van der Waals surface area (Å²) in [6, 6.07) is 11.6. The number of nitrogen functional groups attached to an aromatic ring is 1. The SMILES string of the molecule is Nc1ccc(-c2ccsc2)cc1NC(=O)c1ccc(N2CCC3(CCCC3)CC2)nc1. The number of pyridine rings is 1. The minimum Gasteiger partial charge on any atom is -0.397 e. The molecule has 2 aliphatic rings. The van der Waals surface area contributed by atoms with E-state index < -0.39 is 0 Å². The molecule has 3 aromatic rings. The van der Waals surface area contributed by atoms with Crippen molar-refractivity contribution < 1.29 is 4.79 Å². The monoisotopic (exact) mass is 432 g/mol. The van der Waals surface area contributed by atoms with Crippen molar-refractivity contribution in [3.63, 3.8) is 0 Å². The number of carbonyl (C=O) groups excluding carboxylic acids is 1. The molecule has 160 valence electrons. The first kappa shape index (κ1) is 20.1. The minimum atomic E-state index is -0.197. The fourth-order valence-electron chi connectivity index (χ4n) is 5.01. The number of nitrogens with two attached hydrogens (primary N) is 1. The zero-order valence-electron chi connectivity index (χ0n) is 17.6. The van der Waals surface area contributed by atoms with Crippen LogP contribution in [0.4, 0.5) is 17.2 Å². The van der Waals surface area contributed by atoms with Gasteiger partial charge in [-0.15, -0.1) is 0 Å². The first-order valence-electron chi connectivity index (χ1n) is 11.1. The number of nitrogens with one attached hydrogen (secondary N) is 1. The second-order valence-corrected chi connectivity index (χ2v) is 9.65. The van der Waals surface area contributed by atoms with E-state index in [0.717, 1.165) is 30.0 Å². The maximum atomic E-state index is 12.8. The number of nitrogens with zero attached hydrogens (tertiary/aromatic N) is 2. The average Bonchev–Trinajstić information content (AvgIpc) is 3.49. The van der Waals surface area contributed by atoms with Gasteiger partial charge in [-0.1, -0.05) is 18.9 Å². The Morgan fingerprint density at radius 3 is 2.52 bits per heavy atom. The molecule has 0 unspecified atom stereocenters. The summed E-state index contributed by atoms with van der Waals surface area (Å²) >= 11 is 1.64. The Morgan fingerprint density at radius 2 is 1.84 bits per heavy atom. The van der Waals surface area contributed by atoms with Crippen LogP contribution in [0.5, 0.6) is 0 Å². The van der Waals surface area contributed by atoms with E-state index in [9.17, 15) is 4.79 Å². The number of hydrogen-bond acceptors (Lipinski definition) is 5. The van der Waals surface area contributed by atoms with Gasteiger partial charge in [0.1, 0.15) is 5.82 Å². The van der Waals surface area contributed by atoms with Crippen LogP contribution >= 0.6 is 11.3 Å². The first-order valence-corrected chi connectivity index (χ1v) is 12.0. The number of benzene rings is 1.